The molecule has 0 radical (unpaired) electrons. The minimum atomic E-state index is -0.854. The van der Waals surface area contributed by atoms with E-state index in [1.807, 2.05) is 11.8 Å². The number of nitrogens with zero attached hydrogens (tertiary/aromatic N) is 2. The number of carboxylic acid groups (broad SMARTS) is 1. The standard InChI is InChI=1S/C10H14N2O2S.ClH/c1-6-7(8(13)14)15-9-11-4-10(2,3)5-12(6)9;/h4-5H2,1-3H3,(H,13,14);1H. The minimum absolute atomic E-state index is 0. The summed E-state index contributed by atoms with van der Waals surface area (Å²) in [6, 6.07) is 0. The molecule has 0 aliphatic carbocycles. The maximum Gasteiger partial charge on any atom is 0.344 e. The Hall–Kier alpha value is -0.680. The second kappa shape index (κ2) is 4.30. The normalized spacial score (nSPS) is 22.4. The zero-order valence-corrected chi connectivity index (χ0v) is 11.1. The number of carbonyl (C=O) groups is 1. The molecule has 0 aromatic rings. The van der Waals surface area contributed by atoms with Gasteiger partial charge >= 0.3 is 5.97 Å². The van der Waals surface area contributed by atoms with Crippen molar-refractivity contribution in [3.8, 4) is 0 Å². The Bertz CT molecular complexity index is 390. The predicted molar refractivity (Wildman–Crippen MR) is 68.0 cm³/mol. The zero-order chi connectivity index (χ0) is 11.2. The van der Waals surface area contributed by atoms with Gasteiger partial charge in [-0.15, -0.1) is 12.4 Å². The number of aliphatic carboxylic acids is 1. The summed E-state index contributed by atoms with van der Waals surface area (Å²) < 4.78 is 0. The van der Waals surface area contributed by atoms with Crippen molar-refractivity contribution in [1.29, 1.82) is 0 Å². The molecule has 0 saturated carbocycles. The van der Waals surface area contributed by atoms with E-state index in [0.29, 0.717) is 4.91 Å². The predicted octanol–water partition coefficient (Wildman–Crippen LogP) is 2.17. The number of hydrogen-bond donors (Lipinski definition) is 1. The van der Waals surface area contributed by atoms with Crippen LogP contribution in [0.25, 0.3) is 0 Å². The highest BCUT2D eigenvalue weighted by Gasteiger charge is 2.37. The minimum Gasteiger partial charge on any atom is -0.477 e. The largest absolute Gasteiger partial charge is 0.477 e. The molecule has 0 unspecified atom stereocenters. The average molecular weight is 263 g/mol. The molecule has 2 aliphatic rings. The number of rotatable bonds is 1. The molecule has 0 saturated heterocycles. The number of hydrogen-bond acceptors (Lipinski definition) is 4. The van der Waals surface area contributed by atoms with Gasteiger partial charge in [0.25, 0.3) is 0 Å². The van der Waals surface area contributed by atoms with E-state index in [-0.39, 0.29) is 17.8 Å². The van der Waals surface area contributed by atoms with Crippen LogP contribution in [0.15, 0.2) is 15.6 Å². The summed E-state index contributed by atoms with van der Waals surface area (Å²) >= 11 is 1.27. The molecular formula is C10H15ClN2O2S. The summed E-state index contributed by atoms with van der Waals surface area (Å²) in [5, 5.41) is 9.84. The Morgan fingerprint density at radius 2 is 2.19 bits per heavy atom. The summed E-state index contributed by atoms with van der Waals surface area (Å²) in [5.41, 5.74) is 0.943. The number of amidine groups is 1. The monoisotopic (exact) mass is 262 g/mol. The molecule has 0 spiro atoms. The summed E-state index contributed by atoms with van der Waals surface area (Å²) in [5.74, 6) is -0.854. The number of allylic oxidation sites excluding steroid dienone is 1. The smallest absolute Gasteiger partial charge is 0.344 e. The van der Waals surface area contributed by atoms with Crippen LogP contribution >= 0.6 is 24.2 Å². The van der Waals surface area contributed by atoms with Gasteiger partial charge in [-0.05, 0) is 18.7 Å². The summed E-state index contributed by atoms with van der Waals surface area (Å²) in [6.45, 7) is 7.75. The number of thioether (sulfide) groups is 1. The molecule has 4 nitrogen and oxygen atoms in total. The highest BCUT2D eigenvalue weighted by molar-refractivity contribution is 8.18. The van der Waals surface area contributed by atoms with Crippen LogP contribution in [-0.4, -0.2) is 34.2 Å². The molecule has 0 amide bonds. The molecule has 1 N–H and O–H groups in total. The molecule has 0 fully saturated rings. The Morgan fingerprint density at radius 3 is 2.75 bits per heavy atom. The lowest BCUT2D eigenvalue weighted by molar-refractivity contribution is -0.131. The van der Waals surface area contributed by atoms with Gasteiger partial charge in [-0.2, -0.15) is 0 Å². The first-order valence-electron chi connectivity index (χ1n) is 4.85. The lowest BCUT2D eigenvalue weighted by Crippen LogP contribution is -2.40. The second-order valence-electron chi connectivity index (χ2n) is 4.67. The number of halogens is 1. The third kappa shape index (κ3) is 2.20. The first-order valence-corrected chi connectivity index (χ1v) is 5.66. The van der Waals surface area contributed by atoms with E-state index in [4.69, 9.17) is 5.11 Å². The first-order chi connectivity index (χ1) is 6.91. The van der Waals surface area contributed by atoms with Crippen LogP contribution in [0, 0.1) is 5.41 Å². The highest BCUT2D eigenvalue weighted by Crippen LogP contribution is 2.39. The highest BCUT2D eigenvalue weighted by atomic mass is 35.5. The summed E-state index contributed by atoms with van der Waals surface area (Å²) in [7, 11) is 0. The summed E-state index contributed by atoms with van der Waals surface area (Å²) in [4.78, 5) is 17.8. The van der Waals surface area contributed by atoms with Gasteiger partial charge in [0.15, 0.2) is 5.17 Å². The Morgan fingerprint density at radius 1 is 1.56 bits per heavy atom. The fourth-order valence-electron chi connectivity index (χ4n) is 1.75. The van der Waals surface area contributed by atoms with E-state index < -0.39 is 5.97 Å². The topological polar surface area (TPSA) is 52.9 Å². The fourth-order valence-corrected chi connectivity index (χ4v) is 2.72. The van der Waals surface area contributed by atoms with Gasteiger partial charge in [0, 0.05) is 24.2 Å². The zero-order valence-electron chi connectivity index (χ0n) is 9.48. The van der Waals surface area contributed by atoms with Gasteiger partial charge in [-0.25, -0.2) is 4.79 Å². The lowest BCUT2D eigenvalue weighted by Gasteiger charge is -2.35. The quantitative estimate of drug-likeness (QED) is 0.787. The van der Waals surface area contributed by atoms with Gasteiger partial charge in [-0.3, -0.25) is 4.99 Å². The van der Waals surface area contributed by atoms with Crippen LogP contribution in [0.5, 0.6) is 0 Å². The fraction of sp³-hybridized carbons (Fsp3) is 0.600. The Kier molecular flexibility index (Phi) is 3.59. The van der Waals surface area contributed by atoms with E-state index >= 15 is 0 Å². The third-order valence-corrected chi connectivity index (χ3v) is 3.79. The molecule has 16 heavy (non-hydrogen) atoms. The van der Waals surface area contributed by atoms with Crippen LogP contribution in [0.3, 0.4) is 0 Å². The third-order valence-electron chi connectivity index (χ3n) is 2.58. The van der Waals surface area contributed by atoms with E-state index in [0.717, 1.165) is 24.0 Å². The van der Waals surface area contributed by atoms with Gasteiger partial charge in [0.05, 0.1) is 0 Å². The van der Waals surface area contributed by atoms with E-state index in [1.165, 1.54) is 11.8 Å². The first kappa shape index (κ1) is 13.4. The molecule has 0 atom stereocenters. The molecule has 90 valence electrons. The van der Waals surface area contributed by atoms with Crippen molar-refractivity contribution in [2.24, 2.45) is 10.4 Å². The van der Waals surface area contributed by atoms with Gasteiger partial charge < -0.3 is 10.0 Å². The van der Waals surface area contributed by atoms with E-state index in [9.17, 15) is 4.79 Å². The van der Waals surface area contributed by atoms with Gasteiger partial charge in [-0.1, -0.05) is 13.8 Å². The van der Waals surface area contributed by atoms with E-state index in [1.54, 1.807) is 0 Å². The maximum absolute atomic E-state index is 11.0. The number of carboxylic acids is 1. The Labute approximate surface area is 105 Å². The van der Waals surface area contributed by atoms with Crippen molar-refractivity contribution in [2.75, 3.05) is 13.1 Å². The molecule has 2 rings (SSSR count). The van der Waals surface area contributed by atoms with Gasteiger partial charge in [0.2, 0.25) is 0 Å². The number of fused-ring (bicyclic) bond motifs is 1. The SMILES string of the molecule is CC1=C(C(=O)O)SC2=NCC(C)(C)CN21.Cl. The molecule has 0 aromatic carbocycles. The van der Waals surface area contributed by atoms with E-state index in [2.05, 4.69) is 18.8 Å². The second-order valence-corrected chi connectivity index (χ2v) is 5.65. The van der Waals surface area contributed by atoms with Crippen molar-refractivity contribution in [3.05, 3.63) is 10.6 Å². The van der Waals surface area contributed by atoms with Crippen LogP contribution in [0.1, 0.15) is 20.8 Å². The molecule has 6 heteroatoms. The van der Waals surface area contributed by atoms with Crippen molar-refractivity contribution < 1.29 is 9.90 Å². The maximum atomic E-state index is 11.0. The molecule has 2 heterocycles. The molecule has 0 aromatic heterocycles. The molecule has 0 bridgehead atoms. The number of aliphatic imine (C=N–C) groups is 1. The average Bonchev–Trinajstić information content (AvgIpc) is 2.42. The van der Waals surface area contributed by atoms with Crippen LogP contribution in [-0.2, 0) is 4.79 Å². The lowest BCUT2D eigenvalue weighted by atomic mass is 9.92. The molecular weight excluding hydrogens is 248 g/mol. The van der Waals surface area contributed by atoms with Crippen molar-refractivity contribution in [1.82, 2.24) is 4.90 Å². The van der Waals surface area contributed by atoms with Crippen molar-refractivity contribution in [2.45, 2.75) is 20.8 Å². The summed E-state index contributed by atoms with van der Waals surface area (Å²) in [6.07, 6.45) is 0. The van der Waals surface area contributed by atoms with Crippen LogP contribution in [0.2, 0.25) is 0 Å². The van der Waals surface area contributed by atoms with Crippen LogP contribution < -0.4 is 0 Å². The Balaban J connectivity index is 0.00000128. The van der Waals surface area contributed by atoms with Crippen molar-refractivity contribution in [3.63, 3.8) is 0 Å². The van der Waals surface area contributed by atoms with Crippen LogP contribution in [0.4, 0.5) is 0 Å². The van der Waals surface area contributed by atoms with Crippen molar-refractivity contribution >= 4 is 35.3 Å². The van der Waals surface area contributed by atoms with Gasteiger partial charge in [0.1, 0.15) is 4.91 Å². The molecule has 2 aliphatic heterocycles.